The zero-order valence-corrected chi connectivity index (χ0v) is 21.4. The summed E-state index contributed by atoms with van der Waals surface area (Å²) in [6.07, 6.45) is 2.23. The number of ketones is 1. The Morgan fingerprint density at radius 3 is 2.65 bits per heavy atom. The molecule has 1 N–H and O–H groups in total. The molecule has 3 amide bonds. The minimum Gasteiger partial charge on any atom is -0.379 e. The minimum atomic E-state index is -0.634. The van der Waals surface area contributed by atoms with E-state index in [-0.39, 0.29) is 24.0 Å². The molecule has 0 aliphatic carbocycles. The second-order valence-electron chi connectivity index (χ2n) is 9.82. The number of Topliss-reactive ketones (excluding diaryl/α,β-unsaturated/α-hetero) is 1. The Balaban J connectivity index is 1.19. The molecule has 0 aromatic heterocycles. The smallest absolute Gasteiger partial charge is 0.255 e. The van der Waals surface area contributed by atoms with E-state index in [1.807, 2.05) is 18.2 Å². The SMILES string of the molecule is O=C1CCC(N2Cc3cc(CCC(=O)c4ccc(Cl)c(CCN5CCOCC5)c4)ccc3C2=O)C(=O)N1. The predicted octanol–water partition coefficient (Wildman–Crippen LogP) is 2.79. The summed E-state index contributed by atoms with van der Waals surface area (Å²) in [6.45, 7) is 4.52. The van der Waals surface area contributed by atoms with E-state index in [1.165, 1.54) is 4.90 Å². The average Bonchev–Trinajstić information content (AvgIpc) is 3.22. The molecule has 1 atom stereocenters. The standard InChI is InChI=1S/C28H30ClN3O5/c29-23-5-3-20(16-19(23)9-10-31-11-13-37-14-12-31)25(33)7-2-18-1-4-22-21(15-18)17-32(28(22)36)24-6-8-26(34)30-27(24)35/h1,3-5,15-16,24H,2,6-14,17H2,(H,30,34,35). The van der Waals surface area contributed by atoms with Crippen molar-refractivity contribution in [3.8, 4) is 0 Å². The third-order valence-corrected chi connectivity index (χ3v) is 7.77. The van der Waals surface area contributed by atoms with Gasteiger partial charge in [-0.1, -0.05) is 23.7 Å². The molecule has 2 aromatic rings. The van der Waals surface area contributed by atoms with Crippen molar-refractivity contribution in [1.82, 2.24) is 15.1 Å². The molecule has 0 radical (unpaired) electrons. The highest BCUT2D eigenvalue weighted by atomic mass is 35.5. The van der Waals surface area contributed by atoms with E-state index in [1.54, 1.807) is 18.2 Å². The van der Waals surface area contributed by atoms with Gasteiger partial charge in [0.25, 0.3) is 5.91 Å². The summed E-state index contributed by atoms with van der Waals surface area (Å²) in [4.78, 5) is 53.5. The molecular weight excluding hydrogens is 494 g/mol. The number of aryl methyl sites for hydroxylation is 1. The van der Waals surface area contributed by atoms with Crippen LogP contribution in [0.2, 0.25) is 5.02 Å². The zero-order chi connectivity index (χ0) is 25.9. The van der Waals surface area contributed by atoms with Gasteiger partial charge in [-0.05, 0) is 60.2 Å². The van der Waals surface area contributed by atoms with Crippen LogP contribution in [0.1, 0.15) is 56.7 Å². The quantitative estimate of drug-likeness (QED) is 0.422. The number of morpholine rings is 1. The molecule has 2 saturated heterocycles. The summed E-state index contributed by atoms with van der Waals surface area (Å²) >= 11 is 6.41. The molecule has 0 bridgehead atoms. The maximum absolute atomic E-state index is 13.0. The number of amides is 3. The number of hydrogen-bond acceptors (Lipinski definition) is 6. The van der Waals surface area contributed by atoms with E-state index in [4.69, 9.17) is 16.3 Å². The Labute approximate surface area is 220 Å². The Hall–Kier alpha value is -3.07. The third-order valence-electron chi connectivity index (χ3n) is 7.40. The van der Waals surface area contributed by atoms with Crippen LogP contribution in [0.15, 0.2) is 36.4 Å². The maximum Gasteiger partial charge on any atom is 0.255 e. The lowest BCUT2D eigenvalue weighted by Crippen LogP contribution is -2.52. The maximum atomic E-state index is 13.0. The number of halogens is 1. The van der Waals surface area contributed by atoms with Crippen molar-refractivity contribution in [2.75, 3.05) is 32.8 Å². The van der Waals surface area contributed by atoms with Gasteiger partial charge in [-0.15, -0.1) is 0 Å². The van der Waals surface area contributed by atoms with Gasteiger partial charge in [0.2, 0.25) is 11.8 Å². The highest BCUT2D eigenvalue weighted by Crippen LogP contribution is 2.29. The monoisotopic (exact) mass is 523 g/mol. The van der Waals surface area contributed by atoms with E-state index in [0.29, 0.717) is 42.0 Å². The summed E-state index contributed by atoms with van der Waals surface area (Å²) in [7, 11) is 0. The highest BCUT2D eigenvalue weighted by molar-refractivity contribution is 6.31. The summed E-state index contributed by atoms with van der Waals surface area (Å²) in [6, 6.07) is 10.4. The molecule has 0 spiro atoms. The Morgan fingerprint density at radius 2 is 1.86 bits per heavy atom. The fraction of sp³-hybridized carbons (Fsp3) is 0.429. The first-order valence-electron chi connectivity index (χ1n) is 12.8. The van der Waals surface area contributed by atoms with Gasteiger partial charge >= 0.3 is 0 Å². The van der Waals surface area contributed by atoms with Gasteiger partial charge in [-0.25, -0.2) is 0 Å². The van der Waals surface area contributed by atoms with Crippen molar-refractivity contribution >= 4 is 35.1 Å². The molecular formula is C28H30ClN3O5. The van der Waals surface area contributed by atoms with Crippen LogP contribution in [-0.4, -0.2) is 72.2 Å². The largest absolute Gasteiger partial charge is 0.379 e. The molecule has 2 fully saturated rings. The van der Waals surface area contributed by atoms with Crippen molar-refractivity contribution in [2.24, 2.45) is 0 Å². The average molecular weight is 524 g/mol. The van der Waals surface area contributed by atoms with Crippen LogP contribution in [0.4, 0.5) is 0 Å². The van der Waals surface area contributed by atoms with Gasteiger partial charge in [-0.2, -0.15) is 0 Å². The topological polar surface area (TPSA) is 96.0 Å². The Bertz CT molecular complexity index is 1240. The summed E-state index contributed by atoms with van der Waals surface area (Å²) in [5, 5.41) is 2.99. The van der Waals surface area contributed by atoms with Gasteiger partial charge in [0.1, 0.15) is 6.04 Å². The van der Waals surface area contributed by atoms with Gasteiger partial charge < -0.3 is 9.64 Å². The number of carbonyl (C=O) groups excluding carboxylic acids is 4. The summed E-state index contributed by atoms with van der Waals surface area (Å²) in [5.41, 5.74) is 4.01. The van der Waals surface area contributed by atoms with Crippen molar-refractivity contribution in [3.05, 3.63) is 69.2 Å². The molecule has 2 aromatic carbocycles. The van der Waals surface area contributed by atoms with Crippen LogP contribution in [0, 0.1) is 0 Å². The van der Waals surface area contributed by atoms with Crippen molar-refractivity contribution in [3.63, 3.8) is 0 Å². The molecule has 194 valence electrons. The second-order valence-corrected chi connectivity index (χ2v) is 10.2. The number of ether oxygens (including phenoxy) is 1. The van der Waals surface area contributed by atoms with Crippen LogP contribution in [0.5, 0.6) is 0 Å². The van der Waals surface area contributed by atoms with Gasteiger partial charge in [-0.3, -0.25) is 29.4 Å². The van der Waals surface area contributed by atoms with Crippen molar-refractivity contribution < 1.29 is 23.9 Å². The number of nitrogens with one attached hydrogen (secondary N) is 1. The molecule has 3 aliphatic rings. The van der Waals surface area contributed by atoms with E-state index in [0.717, 1.165) is 56.0 Å². The van der Waals surface area contributed by atoms with E-state index in [2.05, 4.69) is 10.2 Å². The molecule has 37 heavy (non-hydrogen) atoms. The van der Waals surface area contributed by atoms with E-state index in [9.17, 15) is 19.2 Å². The number of fused-ring (bicyclic) bond motifs is 1. The first kappa shape index (κ1) is 25.6. The number of benzene rings is 2. The van der Waals surface area contributed by atoms with Crippen LogP contribution in [-0.2, 0) is 33.7 Å². The second kappa shape index (κ2) is 11.1. The first-order valence-corrected chi connectivity index (χ1v) is 13.1. The lowest BCUT2D eigenvalue weighted by atomic mass is 9.98. The molecule has 3 aliphatic heterocycles. The highest BCUT2D eigenvalue weighted by Gasteiger charge is 2.39. The molecule has 3 heterocycles. The number of piperidine rings is 1. The lowest BCUT2D eigenvalue weighted by Gasteiger charge is -2.29. The van der Waals surface area contributed by atoms with Crippen molar-refractivity contribution in [2.45, 2.75) is 44.7 Å². The molecule has 5 rings (SSSR count). The van der Waals surface area contributed by atoms with Crippen LogP contribution in [0.25, 0.3) is 0 Å². The number of rotatable bonds is 8. The normalized spacial score (nSPS) is 20.2. The van der Waals surface area contributed by atoms with E-state index < -0.39 is 11.9 Å². The van der Waals surface area contributed by atoms with Crippen molar-refractivity contribution in [1.29, 1.82) is 0 Å². The number of imide groups is 1. The lowest BCUT2D eigenvalue weighted by molar-refractivity contribution is -0.136. The molecule has 0 saturated carbocycles. The Kier molecular flexibility index (Phi) is 7.69. The molecule has 8 nitrogen and oxygen atoms in total. The fourth-order valence-electron chi connectivity index (χ4n) is 5.23. The summed E-state index contributed by atoms with van der Waals surface area (Å²) in [5.74, 6) is -0.873. The Morgan fingerprint density at radius 1 is 1.05 bits per heavy atom. The first-order chi connectivity index (χ1) is 17.9. The van der Waals surface area contributed by atoms with Gasteiger partial charge in [0.05, 0.1) is 13.2 Å². The van der Waals surface area contributed by atoms with Gasteiger partial charge in [0, 0.05) is 55.2 Å². The summed E-state index contributed by atoms with van der Waals surface area (Å²) < 4.78 is 5.40. The third kappa shape index (κ3) is 5.76. The zero-order valence-electron chi connectivity index (χ0n) is 20.6. The number of hydrogen-bond donors (Lipinski definition) is 1. The van der Waals surface area contributed by atoms with Crippen LogP contribution < -0.4 is 5.32 Å². The predicted molar refractivity (Wildman–Crippen MR) is 138 cm³/mol. The molecule has 9 heteroatoms. The van der Waals surface area contributed by atoms with Crippen LogP contribution >= 0.6 is 11.6 Å². The van der Waals surface area contributed by atoms with Gasteiger partial charge in [0.15, 0.2) is 5.78 Å². The van der Waals surface area contributed by atoms with Crippen LogP contribution in [0.3, 0.4) is 0 Å². The number of nitrogens with zero attached hydrogens (tertiary/aromatic N) is 2. The van der Waals surface area contributed by atoms with E-state index >= 15 is 0 Å². The fourth-order valence-corrected chi connectivity index (χ4v) is 5.44. The molecule has 1 unspecified atom stereocenters. The number of carbonyl (C=O) groups is 4. The minimum absolute atomic E-state index is 0.0473.